The molecule has 1 aliphatic heterocycles. The lowest BCUT2D eigenvalue weighted by atomic mass is 10.00. The number of hydrogen-bond donors (Lipinski definition) is 1. The van der Waals surface area contributed by atoms with E-state index in [1.165, 1.54) is 11.8 Å². The summed E-state index contributed by atoms with van der Waals surface area (Å²) < 4.78 is 5.37. The number of hydrogen-bond acceptors (Lipinski definition) is 7. The molecule has 0 unspecified atom stereocenters. The van der Waals surface area contributed by atoms with Crippen molar-refractivity contribution in [1.82, 2.24) is 10.3 Å². The number of amides is 1. The van der Waals surface area contributed by atoms with Gasteiger partial charge in [0, 0.05) is 24.9 Å². The quantitative estimate of drug-likeness (QED) is 0.572. The molecule has 2 heterocycles. The lowest BCUT2D eigenvalue weighted by Crippen LogP contribution is -2.46. The van der Waals surface area contributed by atoms with Gasteiger partial charge in [0.1, 0.15) is 28.6 Å². The van der Waals surface area contributed by atoms with Gasteiger partial charge in [-0.25, -0.2) is 9.78 Å². The fraction of sp³-hybridized carbons (Fsp3) is 0.462. The molecule has 0 spiro atoms. The van der Waals surface area contributed by atoms with E-state index in [-0.39, 0.29) is 6.04 Å². The number of nitrogens with one attached hydrogen (secondary N) is 1. The van der Waals surface area contributed by atoms with Crippen molar-refractivity contribution in [3.63, 3.8) is 0 Å². The summed E-state index contributed by atoms with van der Waals surface area (Å²) in [6, 6.07) is 14.7. The molecular formula is C26H31N5O2S. The Labute approximate surface area is 206 Å². The molecule has 178 valence electrons. The number of carbonyl (C=O) groups is 1. The van der Waals surface area contributed by atoms with E-state index in [4.69, 9.17) is 9.72 Å². The van der Waals surface area contributed by atoms with Crippen LogP contribution in [0.15, 0.2) is 35.4 Å². The van der Waals surface area contributed by atoms with Crippen LogP contribution < -0.4 is 10.2 Å². The number of nitrogens with zero attached hydrogens (tertiary/aromatic N) is 4. The summed E-state index contributed by atoms with van der Waals surface area (Å²) in [6.07, 6.45) is 1.61. The minimum atomic E-state index is -0.538. The number of nitriles is 2. The minimum absolute atomic E-state index is 0.00703. The third kappa shape index (κ3) is 6.42. The first-order chi connectivity index (χ1) is 16.3. The van der Waals surface area contributed by atoms with Gasteiger partial charge in [-0.05, 0) is 51.2 Å². The van der Waals surface area contributed by atoms with Gasteiger partial charge in [0.05, 0.1) is 11.1 Å². The van der Waals surface area contributed by atoms with Crippen LogP contribution in [0.3, 0.4) is 0 Å². The average molecular weight is 478 g/mol. The Hall–Kier alpha value is -3.23. The molecule has 1 N–H and O–H groups in total. The highest BCUT2D eigenvalue weighted by atomic mass is 32.2. The number of anilines is 1. The number of benzene rings is 1. The van der Waals surface area contributed by atoms with E-state index in [0.29, 0.717) is 47.2 Å². The predicted octanol–water partition coefficient (Wildman–Crippen LogP) is 5.17. The summed E-state index contributed by atoms with van der Waals surface area (Å²) in [7, 11) is 0. The Balaban J connectivity index is 1.80. The molecule has 0 saturated carbocycles. The topological polar surface area (TPSA) is 102 Å². The van der Waals surface area contributed by atoms with Crippen molar-refractivity contribution in [2.45, 2.75) is 69.4 Å². The van der Waals surface area contributed by atoms with E-state index in [2.05, 4.69) is 22.4 Å². The maximum Gasteiger partial charge on any atom is 0.407 e. The lowest BCUT2D eigenvalue weighted by Gasteiger charge is -2.34. The molecule has 0 bridgehead atoms. The van der Waals surface area contributed by atoms with Crippen LogP contribution in [0.4, 0.5) is 10.6 Å². The highest BCUT2D eigenvalue weighted by Gasteiger charge is 2.28. The number of piperidine rings is 1. The van der Waals surface area contributed by atoms with Gasteiger partial charge in [0.25, 0.3) is 0 Å². The number of rotatable bonds is 6. The first-order valence-electron chi connectivity index (χ1n) is 11.5. The van der Waals surface area contributed by atoms with Crippen molar-refractivity contribution in [3.8, 4) is 12.1 Å². The number of alkyl carbamates (subject to hydrolysis) is 1. The second-order valence-electron chi connectivity index (χ2n) is 9.23. The molecule has 1 aliphatic rings. The molecule has 2 aromatic rings. The van der Waals surface area contributed by atoms with Crippen LogP contribution in [0.1, 0.15) is 62.8 Å². The SMILES string of the molecule is CCc1c(C#N)c(SCc2ccccc2)nc(N2CCC(NC(=O)OC(C)(C)C)CC2)c1C#N. The smallest absolute Gasteiger partial charge is 0.407 e. The maximum absolute atomic E-state index is 12.1. The number of carbonyl (C=O) groups excluding carboxylic acids is 1. The zero-order valence-electron chi connectivity index (χ0n) is 20.2. The summed E-state index contributed by atoms with van der Waals surface area (Å²) in [4.78, 5) is 19.1. The normalized spacial score (nSPS) is 14.2. The Morgan fingerprint density at radius 2 is 1.82 bits per heavy atom. The van der Waals surface area contributed by atoms with Gasteiger partial charge in [0.2, 0.25) is 0 Å². The Morgan fingerprint density at radius 3 is 2.38 bits per heavy atom. The molecule has 1 aromatic heterocycles. The molecule has 34 heavy (non-hydrogen) atoms. The van der Waals surface area contributed by atoms with Crippen molar-refractivity contribution < 1.29 is 9.53 Å². The fourth-order valence-electron chi connectivity index (χ4n) is 3.95. The first kappa shape index (κ1) is 25.4. The Bertz CT molecular complexity index is 1090. The Morgan fingerprint density at radius 1 is 1.18 bits per heavy atom. The standard InChI is InChI=1S/C26H31N5O2S/c1-5-20-21(15-27)23(30-24(22(20)16-28)34-17-18-9-7-6-8-10-18)31-13-11-19(12-14-31)29-25(32)33-26(2,3)4/h6-10,19H,5,11-14,17H2,1-4H3,(H,29,32). The molecule has 1 fully saturated rings. The zero-order valence-corrected chi connectivity index (χ0v) is 21.0. The minimum Gasteiger partial charge on any atom is -0.444 e. The summed E-state index contributed by atoms with van der Waals surface area (Å²) in [5.74, 6) is 1.32. The van der Waals surface area contributed by atoms with Gasteiger partial charge >= 0.3 is 6.09 Å². The third-order valence-corrected chi connectivity index (χ3v) is 6.61. The summed E-state index contributed by atoms with van der Waals surface area (Å²) in [6.45, 7) is 8.79. The summed E-state index contributed by atoms with van der Waals surface area (Å²) >= 11 is 1.52. The van der Waals surface area contributed by atoms with Crippen molar-refractivity contribution in [3.05, 3.63) is 52.6 Å². The largest absolute Gasteiger partial charge is 0.444 e. The van der Waals surface area contributed by atoms with E-state index in [0.717, 1.165) is 24.0 Å². The summed E-state index contributed by atoms with van der Waals surface area (Å²) in [5.41, 5.74) is 2.33. The van der Waals surface area contributed by atoms with Gasteiger partial charge in [0.15, 0.2) is 0 Å². The average Bonchev–Trinajstić information content (AvgIpc) is 2.81. The molecule has 8 heteroatoms. The van der Waals surface area contributed by atoms with Gasteiger partial charge in [-0.15, -0.1) is 11.8 Å². The van der Waals surface area contributed by atoms with Crippen LogP contribution in [-0.2, 0) is 16.9 Å². The third-order valence-electron chi connectivity index (χ3n) is 5.56. The van der Waals surface area contributed by atoms with Crippen LogP contribution in [0.5, 0.6) is 0 Å². The first-order valence-corrected chi connectivity index (χ1v) is 12.5. The van der Waals surface area contributed by atoms with E-state index < -0.39 is 11.7 Å². The van der Waals surface area contributed by atoms with Gasteiger partial charge < -0.3 is 15.0 Å². The molecule has 7 nitrogen and oxygen atoms in total. The molecule has 3 rings (SSSR count). The molecule has 0 atom stereocenters. The highest BCUT2D eigenvalue weighted by Crippen LogP contribution is 2.34. The van der Waals surface area contributed by atoms with Gasteiger partial charge in [-0.3, -0.25) is 0 Å². The van der Waals surface area contributed by atoms with Crippen molar-refractivity contribution >= 4 is 23.7 Å². The number of aromatic nitrogens is 1. The molecule has 1 saturated heterocycles. The molecule has 1 aromatic carbocycles. The molecule has 1 amide bonds. The van der Waals surface area contributed by atoms with Crippen LogP contribution in [0.2, 0.25) is 0 Å². The van der Waals surface area contributed by atoms with E-state index in [1.54, 1.807) is 0 Å². The van der Waals surface area contributed by atoms with E-state index in [1.807, 2.05) is 58.0 Å². The summed E-state index contributed by atoms with van der Waals surface area (Å²) in [5, 5.41) is 23.4. The van der Waals surface area contributed by atoms with Gasteiger partial charge in [-0.1, -0.05) is 37.3 Å². The van der Waals surface area contributed by atoms with Crippen LogP contribution in [-0.4, -0.2) is 35.8 Å². The fourth-order valence-corrected chi connectivity index (χ4v) is 4.91. The van der Waals surface area contributed by atoms with Gasteiger partial charge in [-0.2, -0.15) is 10.5 Å². The highest BCUT2D eigenvalue weighted by molar-refractivity contribution is 7.98. The number of ether oxygens (including phenoxy) is 1. The number of pyridine rings is 1. The second kappa shape index (κ2) is 11.3. The monoisotopic (exact) mass is 477 g/mol. The lowest BCUT2D eigenvalue weighted by molar-refractivity contribution is 0.0497. The zero-order chi connectivity index (χ0) is 24.7. The maximum atomic E-state index is 12.1. The Kier molecular flexibility index (Phi) is 8.41. The number of thioether (sulfide) groups is 1. The van der Waals surface area contributed by atoms with Crippen molar-refractivity contribution in [2.24, 2.45) is 0 Å². The van der Waals surface area contributed by atoms with E-state index in [9.17, 15) is 15.3 Å². The molecule has 0 radical (unpaired) electrons. The van der Waals surface area contributed by atoms with Crippen LogP contribution in [0, 0.1) is 22.7 Å². The van der Waals surface area contributed by atoms with Crippen LogP contribution >= 0.6 is 11.8 Å². The van der Waals surface area contributed by atoms with Crippen molar-refractivity contribution in [1.29, 1.82) is 10.5 Å². The predicted molar refractivity (Wildman–Crippen MR) is 134 cm³/mol. The van der Waals surface area contributed by atoms with Crippen LogP contribution in [0.25, 0.3) is 0 Å². The molecular weight excluding hydrogens is 446 g/mol. The molecule has 0 aliphatic carbocycles. The van der Waals surface area contributed by atoms with E-state index >= 15 is 0 Å². The van der Waals surface area contributed by atoms with Crippen molar-refractivity contribution in [2.75, 3.05) is 18.0 Å². The second-order valence-corrected chi connectivity index (χ2v) is 10.2.